The average molecular weight is 321 g/mol. The number of rotatable bonds is 2. The molecule has 0 radical (unpaired) electrons. The second-order valence-corrected chi connectivity index (χ2v) is 5.00. The molecule has 0 bridgehead atoms. The molecule has 0 saturated heterocycles. The van der Waals surface area contributed by atoms with Crippen molar-refractivity contribution in [3.8, 4) is 0 Å². The number of hydrogen-bond acceptors (Lipinski definition) is 3. The van der Waals surface area contributed by atoms with Crippen molar-refractivity contribution in [2.75, 3.05) is 10.6 Å². The molecule has 19 heavy (non-hydrogen) atoms. The summed E-state index contributed by atoms with van der Waals surface area (Å²) in [6.45, 7) is 3.88. The van der Waals surface area contributed by atoms with Crippen LogP contribution in [0.1, 0.15) is 11.1 Å². The van der Waals surface area contributed by atoms with Crippen LogP contribution in [0, 0.1) is 13.8 Å². The number of carbonyl (C=O) groups is 1. The summed E-state index contributed by atoms with van der Waals surface area (Å²) >= 11 is 3.42. The maximum atomic E-state index is 11.9. The minimum atomic E-state index is -0.339. The molecule has 0 spiro atoms. The molecule has 2 aromatic rings. The Morgan fingerprint density at radius 3 is 2.42 bits per heavy atom. The maximum Gasteiger partial charge on any atom is 0.324 e. The summed E-state index contributed by atoms with van der Waals surface area (Å²) in [5, 5.41) is 5.44. The van der Waals surface area contributed by atoms with Gasteiger partial charge in [0.1, 0.15) is 0 Å². The van der Waals surface area contributed by atoms with Gasteiger partial charge >= 0.3 is 6.03 Å². The van der Waals surface area contributed by atoms with Gasteiger partial charge < -0.3 is 5.32 Å². The van der Waals surface area contributed by atoms with E-state index in [2.05, 4.69) is 36.5 Å². The number of hydrogen-bond donors (Lipinski definition) is 2. The summed E-state index contributed by atoms with van der Waals surface area (Å²) in [5.74, 6) is 0.410. The lowest BCUT2D eigenvalue weighted by Crippen LogP contribution is -2.21. The van der Waals surface area contributed by atoms with E-state index in [4.69, 9.17) is 0 Å². The number of aromatic nitrogens is 2. The Morgan fingerprint density at radius 1 is 1.16 bits per heavy atom. The molecule has 0 aliphatic heterocycles. The standard InChI is InChI=1S/C13H13BrN4O/c1-8-5-10(14)6-9(2)12(8)18-13(19)17-11-7-15-3-4-16-11/h3-7H,1-2H3,(H2,16,17,18,19). The van der Waals surface area contributed by atoms with Gasteiger partial charge in [-0.15, -0.1) is 0 Å². The van der Waals surface area contributed by atoms with Crippen LogP contribution in [0.15, 0.2) is 35.2 Å². The largest absolute Gasteiger partial charge is 0.324 e. The van der Waals surface area contributed by atoms with Crippen LogP contribution in [-0.2, 0) is 0 Å². The Labute approximate surface area is 119 Å². The molecule has 0 saturated carbocycles. The zero-order chi connectivity index (χ0) is 13.8. The maximum absolute atomic E-state index is 11.9. The van der Waals surface area contributed by atoms with Crippen molar-refractivity contribution in [2.24, 2.45) is 0 Å². The second-order valence-electron chi connectivity index (χ2n) is 4.08. The summed E-state index contributed by atoms with van der Waals surface area (Å²) in [6.07, 6.45) is 4.55. The Balaban J connectivity index is 2.12. The van der Waals surface area contributed by atoms with Gasteiger partial charge in [-0.05, 0) is 37.1 Å². The predicted molar refractivity (Wildman–Crippen MR) is 78.3 cm³/mol. The number of nitrogens with zero attached hydrogens (tertiary/aromatic N) is 2. The third kappa shape index (κ3) is 3.51. The molecule has 0 aliphatic rings. The van der Waals surface area contributed by atoms with E-state index in [-0.39, 0.29) is 6.03 Å². The molecule has 0 fully saturated rings. The first-order valence-corrected chi connectivity index (χ1v) is 6.46. The molecule has 2 N–H and O–H groups in total. The van der Waals surface area contributed by atoms with Gasteiger partial charge in [0.15, 0.2) is 5.82 Å². The van der Waals surface area contributed by atoms with Crippen LogP contribution in [0.4, 0.5) is 16.3 Å². The molecule has 6 heteroatoms. The number of anilines is 2. The highest BCUT2D eigenvalue weighted by atomic mass is 79.9. The van der Waals surface area contributed by atoms with E-state index in [0.29, 0.717) is 5.82 Å². The molecular weight excluding hydrogens is 308 g/mol. The first kappa shape index (κ1) is 13.5. The molecule has 2 amide bonds. The molecule has 2 rings (SSSR count). The fourth-order valence-corrected chi connectivity index (χ4v) is 2.42. The van der Waals surface area contributed by atoms with E-state index in [1.807, 2.05) is 26.0 Å². The van der Waals surface area contributed by atoms with Crippen LogP contribution >= 0.6 is 15.9 Å². The van der Waals surface area contributed by atoms with E-state index in [1.165, 1.54) is 12.4 Å². The van der Waals surface area contributed by atoms with Crippen molar-refractivity contribution in [1.29, 1.82) is 0 Å². The SMILES string of the molecule is Cc1cc(Br)cc(C)c1NC(=O)Nc1cnccn1. The number of nitrogens with one attached hydrogen (secondary N) is 2. The molecule has 98 valence electrons. The number of carbonyl (C=O) groups excluding carboxylic acids is 1. The lowest BCUT2D eigenvalue weighted by molar-refractivity contribution is 0.262. The highest BCUT2D eigenvalue weighted by Crippen LogP contribution is 2.25. The number of aryl methyl sites for hydroxylation is 2. The van der Waals surface area contributed by atoms with Crippen LogP contribution < -0.4 is 10.6 Å². The monoisotopic (exact) mass is 320 g/mol. The molecule has 1 heterocycles. The van der Waals surface area contributed by atoms with Crippen LogP contribution in [0.5, 0.6) is 0 Å². The summed E-state index contributed by atoms with van der Waals surface area (Å²) < 4.78 is 0.988. The Morgan fingerprint density at radius 2 is 1.84 bits per heavy atom. The fourth-order valence-electron chi connectivity index (χ4n) is 1.73. The minimum absolute atomic E-state index is 0.339. The summed E-state index contributed by atoms with van der Waals surface area (Å²) in [5.41, 5.74) is 2.77. The summed E-state index contributed by atoms with van der Waals surface area (Å²) in [4.78, 5) is 19.7. The third-order valence-corrected chi connectivity index (χ3v) is 3.00. The van der Waals surface area contributed by atoms with Gasteiger partial charge in [0, 0.05) is 22.6 Å². The summed E-state index contributed by atoms with van der Waals surface area (Å²) in [6, 6.07) is 3.56. The fraction of sp³-hybridized carbons (Fsp3) is 0.154. The lowest BCUT2D eigenvalue weighted by atomic mass is 10.1. The van der Waals surface area contributed by atoms with Gasteiger partial charge in [-0.2, -0.15) is 0 Å². The van der Waals surface area contributed by atoms with Crippen molar-refractivity contribution >= 4 is 33.5 Å². The zero-order valence-electron chi connectivity index (χ0n) is 10.6. The highest BCUT2D eigenvalue weighted by Gasteiger charge is 2.09. The van der Waals surface area contributed by atoms with Gasteiger partial charge in [0.2, 0.25) is 0 Å². The normalized spacial score (nSPS) is 10.1. The molecular formula is C13H13BrN4O. The van der Waals surface area contributed by atoms with Gasteiger partial charge in [0.05, 0.1) is 6.20 Å². The van der Waals surface area contributed by atoms with E-state index in [1.54, 1.807) is 6.20 Å². The van der Waals surface area contributed by atoms with Gasteiger partial charge in [-0.1, -0.05) is 15.9 Å². The Bertz CT molecular complexity index is 578. The van der Waals surface area contributed by atoms with Gasteiger partial charge in [0.25, 0.3) is 0 Å². The van der Waals surface area contributed by atoms with Crippen LogP contribution in [0.3, 0.4) is 0 Å². The predicted octanol–water partition coefficient (Wildman–Crippen LogP) is 3.50. The zero-order valence-corrected chi connectivity index (χ0v) is 12.2. The highest BCUT2D eigenvalue weighted by molar-refractivity contribution is 9.10. The van der Waals surface area contributed by atoms with Crippen LogP contribution in [0.2, 0.25) is 0 Å². The van der Waals surface area contributed by atoms with Crippen LogP contribution in [0.25, 0.3) is 0 Å². The topological polar surface area (TPSA) is 66.9 Å². The molecule has 1 aromatic carbocycles. The number of halogens is 1. The molecule has 0 unspecified atom stereocenters. The Hall–Kier alpha value is -1.95. The quantitative estimate of drug-likeness (QED) is 0.889. The smallest absolute Gasteiger partial charge is 0.307 e. The minimum Gasteiger partial charge on any atom is -0.307 e. The van der Waals surface area contributed by atoms with Crippen molar-refractivity contribution in [3.63, 3.8) is 0 Å². The molecule has 5 nitrogen and oxygen atoms in total. The van der Waals surface area contributed by atoms with Crippen molar-refractivity contribution in [3.05, 3.63) is 46.3 Å². The van der Waals surface area contributed by atoms with Crippen molar-refractivity contribution < 1.29 is 4.79 Å². The third-order valence-electron chi connectivity index (χ3n) is 2.54. The van der Waals surface area contributed by atoms with Gasteiger partial charge in [-0.3, -0.25) is 10.3 Å². The average Bonchev–Trinajstić information content (AvgIpc) is 2.35. The first-order chi connectivity index (χ1) is 9.06. The van der Waals surface area contributed by atoms with Crippen molar-refractivity contribution in [2.45, 2.75) is 13.8 Å². The van der Waals surface area contributed by atoms with Gasteiger partial charge in [-0.25, -0.2) is 9.78 Å². The number of urea groups is 1. The first-order valence-electron chi connectivity index (χ1n) is 5.67. The lowest BCUT2D eigenvalue weighted by Gasteiger charge is -2.12. The number of amides is 2. The van der Waals surface area contributed by atoms with E-state index in [9.17, 15) is 4.79 Å². The summed E-state index contributed by atoms with van der Waals surface area (Å²) in [7, 11) is 0. The van der Waals surface area contributed by atoms with E-state index >= 15 is 0 Å². The molecule has 0 aliphatic carbocycles. The van der Waals surface area contributed by atoms with Crippen LogP contribution in [-0.4, -0.2) is 16.0 Å². The second kappa shape index (κ2) is 5.79. The van der Waals surface area contributed by atoms with Crippen molar-refractivity contribution in [1.82, 2.24) is 9.97 Å². The van der Waals surface area contributed by atoms with E-state index in [0.717, 1.165) is 21.3 Å². The molecule has 0 atom stereocenters. The van der Waals surface area contributed by atoms with E-state index < -0.39 is 0 Å². The Kier molecular flexibility index (Phi) is 4.11. The molecule has 1 aromatic heterocycles. The number of benzene rings is 1.